The predicted octanol–water partition coefficient (Wildman–Crippen LogP) is 2.72. The molecule has 0 atom stereocenters. The first-order valence-electron chi connectivity index (χ1n) is 7.11. The molecule has 1 spiro atoms. The van der Waals surface area contributed by atoms with E-state index in [4.69, 9.17) is 4.74 Å². The van der Waals surface area contributed by atoms with Crippen molar-refractivity contribution in [3.8, 4) is 0 Å². The van der Waals surface area contributed by atoms with Crippen molar-refractivity contribution in [1.29, 1.82) is 0 Å². The molecule has 3 nitrogen and oxygen atoms in total. The van der Waals surface area contributed by atoms with Gasteiger partial charge in [0.15, 0.2) is 0 Å². The van der Waals surface area contributed by atoms with E-state index < -0.39 is 0 Å². The predicted molar refractivity (Wildman–Crippen MR) is 74.3 cm³/mol. The second kappa shape index (κ2) is 4.97. The number of carbonyl (C=O) groups excluding carboxylic acids is 1. The average Bonchev–Trinajstić information content (AvgIpc) is 2.45. The summed E-state index contributed by atoms with van der Waals surface area (Å²) in [5.41, 5.74) is 2.62. The SMILES string of the molecule is COC(=O)c1ccc(C2CCC3(CC2)CNC3)cc1. The molecule has 1 heterocycles. The highest BCUT2D eigenvalue weighted by Gasteiger charge is 2.40. The molecule has 1 aromatic carbocycles. The number of hydrogen-bond acceptors (Lipinski definition) is 3. The summed E-state index contributed by atoms with van der Waals surface area (Å²) in [5.74, 6) is 0.410. The second-order valence-electron chi connectivity index (χ2n) is 5.99. The molecule has 1 saturated carbocycles. The summed E-state index contributed by atoms with van der Waals surface area (Å²) >= 11 is 0. The summed E-state index contributed by atoms with van der Waals surface area (Å²) in [5, 5.41) is 3.40. The first-order valence-corrected chi connectivity index (χ1v) is 7.11. The number of hydrogen-bond donors (Lipinski definition) is 1. The van der Waals surface area contributed by atoms with Gasteiger partial charge in [-0.15, -0.1) is 0 Å². The molecule has 19 heavy (non-hydrogen) atoms. The van der Waals surface area contributed by atoms with E-state index in [1.807, 2.05) is 12.1 Å². The lowest BCUT2D eigenvalue weighted by Gasteiger charge is -2.47. The molecule has 0 bridgehead atoms. The van der Waals surface area contributed by atoms with Crippen LogP contribution in [-0.2, 0) is 4.74 Å². The van der Waals surface area contributed by atoms with Gasteiger partial charge in [-0.3, -0.25) is 0 Å². The second-order valence-corrected chi connectivity index (χ2v) is 5.99. The van der Waals surface area contributed by atoms with Gasteiger partial charge in [-0.05, 0) is 54.7 Å². The lowest BCUT2D eigenvalue weighted by molar-refractivity contribution is 0.0600. The molecular formula is C16H21NO2. The molecule has 2 fully saturated rings. The fourth-order valence-corrected chi connectivity index (χ4v) is 3.40. The molecule has 0 amide bonds. The molecule has 1 aromatic rings. The van der Waals surface area contributed by atoms with Crippen LogP contribution in [0.5, 0.6) is 0 Å². The maximum absolute atomic E-state index is 11.4. The summed E-state index contributed by atoms with van der Waals surface area (Å²) in [6.07, 6.45) is 5.23. The zero-order chi connectivity index (χ0) is 13.3. The molecule has 3 heteroatoms. The lowest BCUT2D eigenvalue weighted by atomic mass is 9.66. The normalized spacial score (nSPS) is 21.9. The van der Waals surface area contributed by atoms with E-state index in [0.29, 0.717) is 16.9 Å². The summed E-state index contributed by atoms with van der Waals surface area (Å²) in [7, 11) is 1.42. The summed E-state index contributed by atoms with van der Waals surface area (Å²) < 4.78 is 4.73. The van der Waals surface area contributed by atoms with E-state index >= 15 is 0 Å². The van der Waals surface area contributed by atoms with Gasteiger partial charge in [-0.2, -0.15) is 0 Å². The van der Waals surface area contributed by atoms with Crippen LogP contribution in [0.25, 0.3) is 0 Å². The van der Waals surface area contributed by atoms with E-state index in [2.05, 4.69) is 17.4 Å². The fraction of sp³-hybridized carbons (Fsp3) is 0.562. The van der Waals surface area contributed by atoms with Crippen molar-refractivity contribution >= 4 is 5.97 Å². The number of methoxy groups -OCH3 is 1. The van der Waals surface area contributed by atoms with Crippen LogP contribution >= 0.6 is 0 Å². The van der Waals surface area contributed by atoms with Crippen molar-refractivity contribution in [3.05, 3.63) is 35.4 Å². The summed E-state index contributed by atoms with van der Waals surface area (Å²) in [4.78, 5) is 11.4. The standard InChI is InChI=1S/C16H21NO2/c1-19-15(18)14-4-2-12(3-5-14)13-6-8-16(9-7-13)10-17-11-16/h2-5,13,17H,6-11H2,1H3. The maximum Gasteiger partial charge on any atom is 0.337 e. The van der Waals surface area contributed by atoms with E-state index in [1.54, 1.807) is 0 Å². The largest absolute Gasteiger partial charge is 0.465 e. The number of carbonyl (C=O) groups is 1. The number of nitrogens with one attached hydrogen (secondary N) is 1. The number of rotatable bonds is 2. The average molecular weight is 259 g/mol. The zero-order valence-corrected chi connectivity index (χ0v) is 11.4. The highest BCUT2D eigenvalue weighted by molar-refractivity contribution is 5.89. The van der Waals surface area contributed by atoms with Crippen LogP contribution in [0, 0.1) is 5.41 Å². The van der Waals surface area contributed by atoms with Crippen LogP contribution in [0.3, 0.4) is 0 Å². The third-order valence-corrected chi connectivity index (χ3v) is 4.85. The van der Waals surface area contributed by atoms with Crippen molar-refractivity contribution in [1.82, 2.24) is 5.32 Å². The molecule has 0 radical (unpaired) electrons. The Kier molecular flexibility index (Phi) is 3.31. The number of esters is 1. The van der Waals surface area contributed by atoms with Gasteiger partial charge in [-0.25, -0.2) is 4.79 Å². The van der Waals surface area contributed by atoms with Crippen LogP contribution in [-0.4, -0.2) is 26.2 Å². The molecule has 1 saturated heterocycles. The zero-order valence-electron chi connectivity index (χ0n) is 11.4. The minimum atomic E-state index is -0.255. The van der Waals surface area contributed by atoms with Gasteiger partial charge in [0.1, 0.15) is 0 Å². The molecule has 0 aromatic heterocycles. The highest BCUT2D eigenvalue weighted by Crippen LogP contribution is 2.45. The minimum absolute atomic E-state index is 0.255. The molecule has 0 unspecified atom stereocenters. The molecule has 3 rings (SSSR count). The molecular weight excluding hydrogens is 238 g/mol. The van der Waals surface area contributed by atoms with Crippen LogP contribution in [0.1, 0.15) is 47.5 Å². The van der Waals surface area contributed by atoms with Crippen molar-refractivity contribution in [2.24, 2.45) is 5.41 Å². The summed E-state index contributed by atoms with van der Waals surface area (Å²) in [6.45, 7) is 2.42. The minimum Gasteiger partial charge on any atom is -0.465 e. The van der Waals surface area contributed by atoms with Crippen molar-refractivity contribution in [3.63, 3.8) is 0 Å². The van der Waals surface area contributed by atoms with Gasteiger partial charge < -0.3 is 10.1 Å². The van der Waals surface area contributed by atoms with Crippen molar-refractivity contribution in [2.45, 2.75) is 31.6 Å². The molecule has 2 aliphatic rings. The van der Waals surface area contributed by atoms with Gasteiger partial charge in [-0.1, -0.05) is 12.1 Å². The van der Waals surface area contributed by atoms with Crippen LogP contribution in [0.4, 0.5) is 0 Å². The Labute approximate surface area is 114 Å². The Morgan fingerprint density at radius 1 is 1.21 bits per heavy atom. The first kappa shape index (κ1) is 12.7. The number of ether oxygens (including phenoxy) is 1. The third kappa shape index (κ3) is 2.39. The van der Waals surface area contributed by atoms with E-state index in [9.17, 15) is 4.79 Å². The van der Waals surface area contributed by atoms with Gasteiger partial charge in [0, 0.05) is 13.1 Å². The monoisotopic (exact) mass is 259 g/mol. The summed E-state index contributed by atoms with van der Waals surface area (Å²) in [6, 6.07) is 7.95. The van der Waals surface area contributed by atoms with Crippen LogP contribution in [0.15, 0.2) is 24.3 Å². The number of benzene rings is 1. The quantitative estimate of drug-likeness (QED) is 0.830. The third-order valence-electron chi connectivity index (χ3n) is 4.85. The van der Waals surface area contributed by atoms with Gasteiger partial charge in [0.2, 0.25) is 0 Å². The lowest BCUT2D eigenvalue weighted by Crippen LogP contribution is -2.54. The Hall–Kier alpha value is -1.35. The first-order chi connectivity index (χ1) is 9.22. The Bertz CT molecular complexity index is 452. The molecule has 102 valence electrons. The fourth-order valence-electron chi connectivity index (χ4n) is 3.40. The maximum atomic E-state index is 11.4. The Morgan fingerprint density at radius 2 is 1.84 bits per heavy atom. The Morgan fingerprint density at radius 3 is 2.32 bits per heavy atom. The van der Waals surface area contributed by atoms with Crippen LogP contribution in [0.2, 0.25) is 0 Å². The van der Waals surface area contributed by atoms with E-state index in [0.717, 1.165) is 0 Å². The Balaban J connectivity index is 1.65. The van der Waals surface area contributed by atoms with Gasteiger partial charge in [0.25, 0.3) is 0 Å². The molecule has 1 aliphatic heterocycles. The van der Waals surface area contributed by atoms with Gasteiger partial charge in [0.05, 0.1) is 12.7 Å². The highest BCUT2D eigenvalue weighted by atomic mass is 16.5. The smallest absolute Gasteiger partial charge is 0.337 e. The van der Waals surface area contributed by atoms with Crippen molar-refractivity contribution < 1.29 is 9.53 Å². The van der Waals surface area contributed by atoms with Gasteiger partial charge >= 0.3 is 5.97 Å². The van der Waals surface area contributed by atoms with Crippen molar-refractivity contribution in [2.75, 3.05) is 20.2 Å². The molecule has 1 aliphatic carbocycles. The van der Waals surface area contributed by atoms with E-state index in [1.165, 1.54) is 51.4 Å². The molecule has 1 N–H and O–H groups in total. The van der Waals surface area contributed by atoms with Crippen LogP contribution < -0.4 is 5.32 Å². The van der Waals surface area contributed by atoms with E-state index in [-0.39, 0.29) is 5.97 Å². The topological polar surface area (TPSA) is 38.3 Å².